The molecule has 2 N–H and O–H groups in total. The molecule has 0 saturated heterocycles. The molecule has 0 bridgehead atoms. The van der Waals surface area contributed by atoms with Crippen LogP contribution in [0.2, 0.25) is 0 Å². The van der Waals surface area contributed by atoms with Gasteiger partial charge in [-0.3, -0.25) is 9.30 Å². The van der Waals surface area contributed by atoms with Crippen molar-refractivity contribution in [3.8, 4) is 0 Å². The van der Waals surface area contributed by atoms with Gasteiger partial charge in [-0.2, -0.15) is 11.8 Å². The summed E-state index contributed by atoms with van der Waals surface area (Å²) in [5.41, 5.74) is 1.91. The van der Waals surface area contributed by atoms with Crippen molar-refractivity contribution in [3.05, 3.63) is 29.8 Å². The van der Waals surface area contributed by atoms with Crippen LogP contribution in [-0.4, -0.2) is 57.3 Å². The molecule has 1 aromatic rings. The molecule has 1 aliphatic heterocycles. The van der Waals surface area contributed by atoms with Gasteiger partial charge in [-0.25, -0.2) is 8.42 Å². The minimum absolute atomic E-state index is 0.0394. The van der Waals surface area contributed by atoms with Crippen LogP contribution in [0.3, 0.4) is 0 Å². The molecule has 1 heterocycles. The highest BCUT2D eigenvalue weighted by Gasteiger charge is 2.28. The third-order valence-corrected chi connectivity index (χ3v) is 7.35. The normalized spacial score (nSPS) is 15.1. The maximum Gasteiger partial charge on any atom is 0.236 e. The highest BCUT2D eigenvalue weighted by molar-refractivity contribution is 7.99. The van der Waals surface area contributed by atoms with E-state index in [9.17, 15) is 8.42 Å². The number of hydrogen-bond donors (Lipinski definition) is 2. The summed E-state index contributed by atoms with van der Waals surface area (Å²) in [7, 11) is -3.35. The van der Waals surface area contributed by atoms with Gasteiger partial charge in [0.15, 0.2) is 5.96 Å². The predicted molar refractivity (Wildman–Crippen MR) is 113 cm³/mol. The number of aliphatic imine (C=N–C) groups is 1. The number of hydrogen-bond acceptors (Lipinski definition) is 4. The Bertz CT molecular complexity index is 732. The highest BCUT2D eigenvalue weighted by atomic mass is 32.2. The summed E-state index contributed by atoms with van der Waals surface area (Å²) in [6, 6.07) is 7.70. The van der Waals surface area contributed by atoms with E-state index >= 15 is 0 Å². The number of sulfonamides is 1. The molecule has 26 heavy (non-hydrogen) atoms. The fraction of sp³-hybridized carbons (Fsp3) is 0.611. The van der Waals surface area contributed by atoms with E-state index < -0.39 is 10.0 Å². The van der Waals surface area contributed by atoms with E-state index in [2.05, 4.69) is 35.7 Å². The van der Waals surface area contributed by atoms with E-state index in [1.54, 1.807) is 11.8 Å². The molecule has 1 aliphatic rings. The zero-order valence-corrected chi connectivity index (χ0v) is 17.7. The average Bonchev–Trinajstić information content (AvgIpc) is 3.04. The lowest BCUT2D eigenvalue weighted by Crippen LogP contribution is -2.42. The van der Waals surface area contributed by atoms with E-state index in [4.69, 9.17) is 0 Å². The van der Waals surface area contributed by atoms with E-state index in [-0.39, 0.29) is 10.5 Å². The molecule has 8 heteroatoms. The monoisotopic (exact) mass is 398 g/mol. The van der Waals surface area contributed by atoms with Gasteiger partial charge in [-0.15, -0.1) is 0 Å². The van der Waals surface area contributed by atoms with Crippen LogP contribution in [0.4, 0.5) is 5.69 Å². The first kappa shape index (κ1) is 20.9. The van der Waals surface area contributed by atoms with Crippen molar-refractivity contribution in [3.63, 3.8) is 0 Å². The molecular formula is C18H30N4O2S2. The van der Waals surface area contributed by atoms with Crippen LogP contribution in [0, 0.1) is 0 Å². The van der Waals surface area contributed by atoms with Gasteiger partial charge in [0.1, 0.15) is 0 Å². The molecule has 0 atom stereocenters. The number of rotatable bonds is 8. The van der Waals surface area contributed by atoms with Crippen LogP contribution in [0.5, 0.6) is 0 Å². The molecule has 0 unspecified atom stereocenters. The summed E-state index contributed by atoms with van der Waals surface area (Å²) in [6.45, 7) is 8.52. The quantitative estimate of drug-likeness (QED) is 0.518. The first-order valence-electron chi connectivity index (χ1n) is 8.95. The van der Waals surface area contributed by atoms with Crippen molar-refractivity contribution in [2.24, 2.45) is 4.99 Å². The second-order valence-electron chi connectivity index (χ2n) is 6.85. The van der Waals surface area contributed by atoms with Crippen molar-refractivity contribution in [2.75, 3.05) is 42.5 Å². The van der Waals surface area contributed by atoms with E-state index in [1.165, 1.54) is 4.31 Å². The summed E-state index contributed by atoms with van der Waals surface area (Å²) >= 11 is 1.76. The molecule has 0 radical (unpaired) electrons. The van der Waals surface area contributed by atoms with Crippen molar-refractivity contribution < 1.29 is 8.42 Å². The Labute approximate surface area is 161 Å². The van der Waals surface area contributed by atoms with Crippen molar-refractivity contribution in [1.82, 2.24) is 10.6 Å². The molecule has 0 amide bonds. The van der Waals surface area contributed by atoms with E-state index in [0.29, 0.717) is 25.6 Å². The molecule has 2 rings (SSSR count). The van der Waals surface area contributed by atoms with Crippen LogP contribution < -0.4 is 14.9 Å². The zero-order valence-electron chi connectivity index (χ0n) is 16.1. The molecule has 0 spiro atoms. The maximum absolute atomic E-state index is 12.7. The molecule has 6 nitrogen and oxygen atoms in total. The number of fused-ring (bicyclic) bond motifs is 1. The number of nitrogens with one attached hydrogen (secondary N) is 2. The smallest absolute Gasteiger partial charge is 0.236 e. The topological polar surface area (TPSA) is 73.8 Å². The summed E-state index contributed by atoms with van der Waals surface area (Å²) in [5, 5.41) is 6.32. The number of nitrogens with zero attached hydrogens (tertiary/aromatic N) is 2. The van der Waals surface area contributed by atoms with Crippen molar-refractivity contribution in [1.29, 1.82) is 0 Å². The van der Waals surface area contributed by atoms with E-state index in [1.807, 2.05) is 31.2 Å². The molecule has 0 aliphatic carbocycles. The third-order valence-electron chi connectivity index (χ3n) is 4.35. The SMILES string of the molecule is CCNC(=NCC(C)(C)SC)NCCS(=O)(=O)N1CCc2ccccc21. The Kier molecular flexibility index (Phi) is 7.23. The summed E-state index contributed by atoms with van der Waals surface area (Å²) in [6.07, 6.45) is 2.84. The second-order valence-corrected chi connectivity index (χ2v) is 10.4. The Morgan fingerprint density at radius 1 is 1.31 bits per heavy atom. The minimum atomic E-state index is -3.35. The van der Waals surface area contributed by atoms with E-state index in [0.717, 1.165) is 24.2 Å². The first-order chi connectivity index (χ1) is 12.3. The summed E-state index contributed by atoms with van der Waals surface area (Å²) < 4.78 is 27.0. The Morgan fingerprint density at radius 2 is 2.04 bits per heavy atom. The van der Waals surface area contributed by atoms with Gasteiger partial charge in [0.05, 0.1) is 18.0 Å². The fourth-order valence-corrected chi connectivity index (χ4v) is 4.30. The molecule has 0 aromatic heterocycles. The standard InChI is InChI=1S/C18H30N4O2S2/c1-5-19-17(21-14-18(2,3)25-4)20-11-13-26(23,24)22-12-10-15-8-6-7-9-16(15)22/h6-9H,5,10-14H2,1-4H3,(H2,19,20,21). The average molecular weight is 399 g/mol. The Balaban J connectivity index is 1.95. The van der Waals surface area contributed by atoms with Gasteiger partial charge < -0.3 is 10.6 Å². The number of benzene rings is 1. The molecule has 0 saturated carbocycles. The lowest BCUT2D eigenvalue weighted by molar-refractivity contribution is 0.590. The van der Waals surface area contributed by atoms with Gasteiger partial charge in [-0.05, 0) is 45.1 Å². The van der Waals surface area contributed by atoms with Crippen molar-refractivity contribution in [2.45, 2.75) is 31.9 Å². The number of para-hydroxylation sites is 1. The first-order valence-corrected chi connectivity index (χ1v) is 11.8. The van der Waals surface area contributed by atoms with Crippen molar-refractivity contribution >= 4 is 33.4 Å². The Hall–Kier alpha value is -1.41. The lowest BCUT2D eigenvalue weighted by Gasteiger charge is -2.21. The summed E-state index contributed by atoms with van der Waals surface area (Å²) in [4.78, 5) is 4.57. The van der Waals surface area contributed by atoms with Gasteiger partial charge in [0, 0.05) is 24.4 Å². The van der Waals surface area contributed by atoms with Gasteiger partial charge in [0.25, 0.3) is 0 Å². The van der Waals surface area contributed by atoms with Gasteiger partial charge in [-0.1, -0.05) is 18.2 Å². The number of thioether (sulfide) groups is 1. The van der Waals surface area contributed by atoms with Gasteiger partial charge in [0.2, 0.25) is 10.0 Å². The van der Waals surface area contributed by atoms with Gasteiger partial charge >= 0.3 is 0 Å². The largest absolute Gasteiger partial charge is 0.357 e. The summed E-state index contributed by atoms with van der Waals surface area (Å²) in [5.74, 6) is 0.698. The highest BCUT2D eigenvalue weighted by Crippen LogP contribution is 2.29. The predicted octanol–water partition coefficient (Wildman–Crippen LogP) is 2.08. The van der Waals surface area contributed by atoms with Crippen LogP contribution in [0.1, 0.15) is 26.3 Å². The molecule has 146 valence electrons. The number of anilines is 1. The molecule has 1 aromatic carbocycles. The third kappa shape index (κ3) is 5.54. The van der Waals surface area contributed by atoms with Crippen LogP contribution in [-0.2, 0) is 16.4 Å². The molecule has 0 fully saturated rings. The zero-order chi connectivity index (χ0) is 19.2. The number of guanidine groups is 1. The van der Waals surface area contributed by atoms with Crippen LogP contribution in [0.15, 0.2) is 29.3 Å². The lowest BCUT2D eigenvalue weighted by atomic mass is 10.2. The van der Waals surface area contributed by atoms with Crippen LogP contribution in [0.25, 0.3) is 0 Å². The minimum Gasteiger partial charge on any atom is -0.357 e. The fourth-order valence-electron chi connectivity index (χ4n) is 2.68. The Morgan fingerprint density at radius 3 is 2.73 bits per heavy atom. The van der Waals surface area contributed by atoms with Crippen LogP contribution >= 0.6 is 11.8 Å². The maximum atomic E-state index is 12.7. The molecular weight excluding hydrogens is 368 g/mol. The second kappa shape index (κ2) is 8.99.